The molecule has 2 aliphatic heterocycles. The van der Waals surface area contributed by atoms with Crippen LogP contribution in [0.1, 0.15) is 27.4 Å². The number of anilines is 1. The van der Waals surface area contributed by atoms with Crippen molar-refractivity contribution in [1.29, 1.82) is 10.5 Å². The predicted octanol–water partition coefficient (Wildman–Crippen LogP) is 5.02. The van der Waals surface area contributed by atoms with Crippen molar-refractivity contribution >= 4 is 23.2 Å². The molecule has 0 aliphatic carbocycles. The summed E-state index contributed by atoms with van der Waals surface area (Å²) >= 11 is 0. The smallest absolute Gasteiger partial charge is 0.273 e. The van der Waals surface area contributed by atoms with Crippen molar-refractivity contribution in [2.24, 2.45) is 5.41 Å². The second-order valence-electron chi connectivity index (χ2n) is 8.48. The topological polar surface area (TPSA) is 111 Å². The number of rotatable bonds is 4. The van der Waals surface area contributed by atoms with E-state index in [1.807, 2.05) is 0 Å². The number of hydrogen-bond acceptors (Lipinski definition) is 6. The molecule has 2 heterocycles. The first-order valence-electron chi connectivity index (χ1n) is 10.8. The number of carbonyl (C=O) groups excluding carboxylic acids is 1. The SMILES string of the molecule is N#CC1(C#N)[C@H](c2ccccc2[N+](=O)[O-])[C@@H](C(=O)c2ccccc2)N2c3ccc(F)cc3C=C[C@@H]21. The lowest BCUT2D eigenvalue weighted by molar-refractivity contribution is -0.385. The van der Waals surface area contributed by atoms with Gasteiger partial charge in [-0.3, -0.25) is 14.9 Å². The zero-order valence-corrected chi connectivity index (χ0v) is 18.2. The van der Waals surface area contributed by atoms with Crippen molar-refractivity contribution in [3.63, 3.8) is 0 Å². The predicted molar refractivity (Wildman–Crippen MR) is 126 cm³/mol. The molecule has 8 heteroatoms. The summed E-state index contributed by atoms with van der Waals surface area (Å²) in [4.78, 5) is 27.1. The molecule has 1 saturated heterocycles. The Labute approximate surface area is 200 Å². The quantitative estimate of drug-likeness (QED) is 0.305. The first-order chi connectivity index (χ1) is 16.9. The summed E-state index contributed by atoms with van der Waals surface area (Å²) in [5, 5.41) is 32.8. The van der Waals surface area contributed by atoms with E-state index < -0.39 is 39.9 Å². The lowest BCUT2D eigenvalue weighted by Crippen LogP contribution is -2.44. The van der Waals surface area contributed by atoms with Gasteiger partial charge in [0.1, 0.15) is 11.9 Å². The van der Waals surface area contributed by atoms with Gasteiger partial charge in [0, 0.05) is 28.4 Å². The maximum absolute atomic E-state index is 14.0. The summed E-state index contributed by atoms with van der Waals surface area (Å²) in [6, 6.07) is 20.5. The summed E-state index contributed by atoms with van der Waals surface area (Å²) in [6.45, 7) is 0. The number of ketones is 1. The minimum absolute atomic E-state index is 0.126. The molecule has 2 aliphatic rings. The monoisotopic (exact) mass is 464 g/mol. The van der Waals surface area contributed by atoms with Gasteiger partial charge in [-0.15, -0.1) is 0 Å². The molecule has 1 fully saturated rings. The number of hydrogen-bond donors (Lipinski definition) is 0. The Morgan fingerprint density at radius 1 is 1.03 bits per heavy atom. The van der Waals surface area contributed by atoms with Crippen LogP contribution in [0.25, 0.3) is 6.08 Å². The highest BCUT2D eigenvalue weighted by atomic mass is 19.1. The fourth-order valence-electron chi connectivity index (χ4n) is 5.30. The van der Waals surface area contributed by atoms with E-state index in [4.69, 9.17) is 0 Å². The molecule has 7 nitrogen and oxygen atoms in total. The number of nitriles is 2. The van der Waals surface area contributed by atoms with Gasteiger partial charge in [-0.05, 0) is 18.2 Å². The van der Waals surface area contributed by atoms with Crippen LogP contribution in [0, 0.1) is 44.0 Å². The molecule has 0 N–H and O–H groups in total. The zero-order valence-electron chi connectivity index (χ0n) is 18.2. The summed E-state index contributed by atoms with van der Waals surface area (Å²) in [5.41, 5.74) is -0.680. The van der Waals surface area contributed by atoms with Crippen LogP contribution in [-0.4, -0.2) is 22.8 Å². The summed E-state index contributed by atoms with van der Waals surface area (Å²) in [7, 11) is 0. The largest absolute Gasteiger partial charge is 0.351 e. The molecular weight excluding hydrogens is 447 g/mol. The van der Waals surface area contributed by atoms with Crippen LogP contribution in [0.4, 0.5) is 15.8 Å². The van der Waals surface area contributed by atoms with E-state index in [2.05, 4.69) is 12.1 Å². The van der Waals surface area contributed by atoms with E-state index in [0.29, 0.717) is 16.8 Å². The number of carbonyl (C=O) groups is 1. The van der Waals surface area contributed by atoms with Crippen LogP contribution in [0.2, 0.25) is 0 Å². The van der Waals surface area contributed by atoms with Crippen molar-refractivity contribution in [2.75, 3.05) is 4.90 Å². The second-order valence-corrected chi connectivity index (χ2v) is 8.48. The standard InChI is InChI=1S/C27H17FN4O3/c28-19-11-12-21-18(14-19)10-13-23-27(15-29,16-30)24(20-8-4-5-9-22(20)32(34)35)25(31(21)23)26(33)17-6-2-1-3-7-17/h1-14,23-25H/t23-,24-,25+/m1/s1. The molecular formula is C27H17FN4O3. The van der Waals surface area contributed by atoms with Gasteiger partial charge in [0.15, 0.2) is 11.2 Å². The Kier molecular flexibility index (Phi) is 5.15. The van der Waals surface area contributed by atoms with Crippen molar-refractivity contribution in [3.8, 4) is 12.1 Å². The Morgan fingerprint density at radius 3 is 2.40 bits per heavy atom. The van der Waals surface area contributed by atoms with Crippen molar-refractivity contribution in [1.82, 2.24) is 0 Å². The van der Waals surface area contributed by atoms with Gasteiger partial charge in [0.25, 0.3) is 5.69 Å². The van der Waals surface area contributed by atoms with E-state index in [1.165, 1.54) is 36.4 Å². The van der Waals surface area contributed by atoms with Gasteiger partial charge in [-0.25, -0.2) is 4.39 Å². The normalized spacial score (nSPS) is 21.3. The fourth-order valence-corrected chi connectivity index (χ4v) is 5.30. The Bertz CT molecular complexity index is 1460. The first-order valence-corrected chi connectivity index (χ1v) is 10.8. The summed E-state index contributed by atoms with van der Waals surface area (Å²) in [6.07, 6.45) is 3.23. The van der Waals surface area contributed by atoms with E-state index in [1.54, 1.807) is 53.5 Å². The number of nitrogens with zero attached hydrogens (tertiary/aromatic N) is 4. The molecule has 3 aromatic rings. The number of para-hydroxylation sites is 1. The molecule has 0 radical (unpaired) electrons. The molecule has 35 heavy (non-hydrogen) atoms. The van der Waals surface area contributed by atoms with Gasteiger partial charge in [-0.2, -0.15) is 10.5 Å². The van der Waals surface area contributed by atoms with E-state index in [0.717, 1.165) is 0 Å². The molecule has 0 amide bonds. The highest BCUT2D eigenvalue weighted by Gasteiger charge is 2.64. The van der Waals surface area contributed by atoms with Crippen LogP contribution in [0.3, 0.4) is 0 Å². The Balaban J connectivity index is 1.83. The lowest BCUT2D eigenvalue weighted by atomic mass is 9.68. The average molecular weight is 464 g/mol. The van der Waals surface area contributed by atoms with E-state index >= 15 is 0 Å². The van der Waals surface area contributed by atoms with Crippen LogP contribution in [0.5, 0.6) is 0 Å². The number of fused-ring (bicyclic) bond motifs is 3. The van der Waals surface area contributed by atoms with Gasteiger partial charge >= 0.3 is 0 Å². The molecule has 3 atom stereocenters. The molecule has 3 aromatic carbocycles. The van der Waals surface area contributed by atoms with Gasteiger partial charge in [-0.1, -0.05) is 60.7 Å². The summed E-state index contributed by atoms with van der Waals surface area (Å²) < 4.78 is 14.0. The fraction of sp³-hybridized carbons (Fsp3) is 0.148. The number of benzene rings is 3. The second kappa shape index (κ2) is 8.19. The third-order valence-electron chi connectivity index (χ3n) is 6.76. The van der Waals surface area contributed by atoms with Crippen LogP contribution in [-0.2, 0) is 0 Å². The molecule has 0 spiro atoms. The Morgan fingerprint density at radius 2 is 1.71 bits per heavy atom. The molecule has 0 aromatic heterocycles. The highest BCUT2D eigenvalue weighted by Crippen LogP contribution is 2.56. The Hall–Kier alpha value is -4.82. The maximum atomic E-state index is 14.0. The van der Waals surface area contributed by atoms with Crippen LogP contribution < -0.4 is 4.90 Å². The number of nitro benzene ring substituents is 1. The molecule has 0 saturated carbocycles. The summed E-state index contributed by atoms with van der Waals surface area (Å²) in [5.74, 6) is -2.02. The van der Waals surface area contributed by atoms with Crippen LogP contribution in [0.15, 0.2) is 78.9 Å². The minimum atomic E-state index is -1.83. The number of nitro groups is 1. The van der Waals surface area contributed by atoms with Crippen LogP contribution >= 0.6 is 0 Å². The third kappa shape index (κ3) is 3.19. The van der Waals surface area contributed by atoms with Crippen molar-refractivity contribution in [3.05, 3.63) is 111 Å². The van der Waals surface area contributed by atoms with E-state index in [9.17, 15) is 29.8 Å². The first kappa shape index (κ1) is 22.0. The minimum Gasteiger partial charge on any atom is -0.351 e. The molecule has 5 rings (SSSR count). The van der Waals surface area contributed by atoms with Crippen molar-refractivity contribution < 1.29 is 14.1 Å². The zero-order chi connectivity index (χ0) is 24.7. The maximum Gasteiger partial charge on any atom is 0.273 e. The third-order valence-corrected chi connectivity index (χ3v) is 6.76. The molecule has 0 bridgehead atoms. The highest BCUT2D eigenvalue weighted by molar-refractivity contribution is 6.04. The van der Waals surface area contributed by atoms with Gasteiger partial charge < -0.3 is 4.90 Å². The average Bonchev–Trinajstić information content (AvgIpc) is 3.19. The lowest BCUT2D eigenvalue weighted by Gasteiger charge is -2.35. The number of halogens is 1. The van der Waals surface area contributed by atoms with E-state index in [-0.39, 0.29) is 11.3 Å². The van der Waals surface area contributed by atoms with Gasteiger partial charge in [0.05, 0.1) is 29.0 Å². The molecule has 0 unspecified atom stereocenters. The molecule has 170 valence electrons. The van der Waals surface area contributed by atoms with Gasteiger partial charge in [0.2, 0.25) is 0 Å². The number of Topliss-reactive ketones (excluding diaryl/α,β-unsaturated/α-hetero) is 1. The van der Waals surface area contributed by atoms with Crippen molar-refractivity contribution in [2.45, 2.75) is 18.0 Å².